The molecule has 0 fully saturated rings. The van der Waals surface area contributed by atoms with Gasteiger partial charge in [-0.1, -0.05) is 11.6 Å². The SMILES string of the molecule is CN1C(N)=N[C@](C)(c2sc(-c3nnc(-c4cscn4)o3)cc2Cl)CS1=O. The molecule has 4 rings (SSSR count). The van der Waals surface area contributed by atoms with Crippen molar-refractivity contribution in [2.24, 2.45) is 10.7 Å². The van der Waals surface area contributed by atoms with E-state index >= 15 is 0 Å². The molecule has 0 saturated carbocycles. The molecule has 12 heteroatoms. The van der Waals surface area contributed by atoms with Gasteiger partial charge in [0.2, 0.25) is 5.96 Å². The van der Waals surface area contributed by atoms with E-state index in [1.807, 2.05) is 12.3 Å². The number of hydrogen-bond acceptors (Lipinski definition) is 9. The van der Waals surface area contributed by atoms with Crippen molar-refractivity contribution in [3.63, 3.8) is 0 Å². The van der Waals surface area contributed by atoms with Crippen molar-refractivity contribution in [2.45, 2.75) is 12.5 Å². The van der Waals surface area contributed by atoms with E-state index in [0.29, 0.717) is 27.4 Å². The highest BCUT2D eigenvalue weighted by molar-refractivity contribution is 7.83. The molecule has 0 radical (unpaired) electrons. The number of guanidine groups is 1. The molecule has 26 heavy (non-hydrogen) atoms. The Labute approximate surface area is 164 Å². The zero-order chi connectivity index (χ0) is 18.5. The zero-order valence-electron chi connectivity index (χ0n) is 13.7. The molecule has 136 valence electrons. The van der Waals surface area contributed by atoms with Crippen LogP contribution in [-0.2, 0) is 16.5 Å². The van der Waals surface area contributed by atoms with Crippen LogP contribution in [0.5, 0.6) is 0 Å². The molecular formula is C14H13ClN6O2S3. The summed E-state index contributed by atoms with van der Waals surface area (Å²) in [5.41, 5.74) is 7.45. The standard InChI is InChI=1S/C14H13ClN6O2S3/c1-14(5-26(22)21(2)13(16)18-14)10-7(15)3-9(25-10)12-20-19-11(23-12)8-4-24-6-17-8/h3-4,6H,5H2,1-2H3,(H2,16,18)/t14-,26?/m0/s1. The van der Waals surface area contributed by atoms with Crippen LogP contribution in [0.2, 0.25) is 5.02 Å². The first-order valence-electron chi connectivity index (χ1n) is 7.37. The number of halogens is 1. The minimum atomic E-state index is -1.28. The molecule has 2 N–H and O–H groups in total. The van der Waals surface area contributed by atoms with Crippen LogP contribution >= 0.6 is 34.3 Å². The number of nitrogens with two attached hydrogens (primary N) is 1. The Morgan fingerprint density at radius 2 is 2.19 bits per heavy atom. The lowest BCUT2D eigenvalue weighted by molar-refractivity contribution is 0.524. The molecule has 3 aromatic heterocycles. The van der Waals surface area contributed by atoms with Gasteiger partial charge in [0.25, 0.3) is 11.8 Å². The third-order valence-corrected chi connectivity index (χ3v) is 7.84. The Morgan fingerprint density at radius 1 is 1.42 bits per heavy atom. The van der Waals surface area contributed by atoms with Gasteiger partial charge in [0.1, 0.15) is 22.2 Å². The average molecular weight is 429 g/mol. The van der Waals surface area contributed by atoms with Crippen LogP contribution in [0.3, 0.4) is 0 Å². The van der Waals surface area contributed by atoms with Gasteiger partial charge in [-0.25, -0.2) is 14.2 Å². The van der Waals surface area contributed by atoms with Crippen molar-refractivity contribution in [3.8, 4) is 22.4 Å². The molecule has 8 nitrogen and oxygen atoms in total. The average Bonchev–Trinajstić information content (AvgIpc) is 3.31. The summed E-state index contributed by atoms with van der Waals surface area (Å²) >= 11 is 9.26. The Bertz CT molecular complexity index is 1010. The molecule has 1 aliphatic heterocycles. The van der Waals surface area contributed by atoms with Gasteiger partial charge in [0.15, 0.2) is 0 Å². The third kappa shape index (κ3) is 2.94. The molecule has 1 aliphatic rings. The fourth-order valence-electron chi connectivity index (χ4n) is 2.50. The third-order valence-electron chi connectivity index (χ3n) is 3.86. The molecule has 0 bridgehead atoms. The minimum Gasteiger partial charge on any atom is -0.414 e. The molecule has 3 aromatic rings. The van der Waals surface area contributed by atoms with E-state index in [2.05, 4.69) is 20.2 Å². The monoisotopic (exact) mass is 428 g/mol. The summed E-state index contributed by atoms with van der Waals surface area (Å²) in [7, 11) is 0.370. The summed E-state index contributed by atoms with van der Waals surface area (Å²) in [6.07, 6.45) is 0. The maximum Gasteiger partial charge on any atom is 0.267 e. The van der Waals surface area contributed by atoms with E-state index in [1.165, 1.54) is 27.0 Å². The second-order valence-electron chi connectivity index (χ2n) is 5.78. The van der Waals surface area contributed by atoms with Crippen molar-refractivity contribution >= 4 is 51.2 Å². The highest BCUT2D eigenvalue weighted by Crippen LogP contribution is 2.43. The number of aromatic nitrogens is 3. The lowest BCUT2D eigenvalue weighted by Gasteiger charge is -2.33. The second-order valence-corrected chi connectivity index (χ2v) is 9.44. The van der Waals surface area contributed by atoms with Gasteiger partial charge in [0.05, 0.1) is 26.0 Å². The molecule has 1 unspecified atom stereocenters. The van der Waals surface area contributed by atoms with Crippen LogP contribution in [0, 0.1) is 0 Å². The summed E-state index contributed by atoms with van der Waals surface area (Å²) in [4.78, 5) is 10.1. The fourth-order valence-corrected chi connectivity index (χ4v) is 5.80. The van der Waals surface area contributed by atoms with E-state index in [1.54, 1.807) is 18.6 Å². The normalized spacial score (nSPS) is 23.3. The predicted octanol–water partition coefficient (Wildman–Crippen LogP) is 2.71. The van der Waals surface area contributed by atoms with Crippen molar-refractivity contribution in [2.75, 3.05) is 12.8 Å². The maximum absolute atomic E-state index is 12.3. The Balaban J connectivity index is 1.72. The topological polar surface area (TPSA) is 110 Å². The smallest absolute Gasteiger partial charge is 0.267 e. The fraction of sp³-hybridized carbons (Fsp3) is 0.286. The van der Waals surface area contributed by atoms with Gasteiger partial charge < -0.3 is 10.2 Å². The van der Waals surface area contributed by atoms with Crippen LogP contribution in [0.15, 0.2) is 26.4 Å². The number of nitrogens with zero attached hydrogens (tertiary/aromatic N) is 5. The molecule has 4 heterocycles. The number of rotatable bonds is 3. The van der Waals surface area contributed by atoms with Gasteiger partial charge in [-0.2, -0.15) is 0 Å². The lowest BCUT2D eigenvalue weighted by atomic mass is 10.0. The lowest BCUT2D eigenvalue weighted by Crippen LogP contribution is -2.47. The summed E-state index contributed by atoms with van der Waals surface area (Å²) < 4.78 is 19.5. The molecule has 2 atom stereocenters. The number of hydrogen-bond donors (Lipinski definition) is 1. The highest BCUT2D eigenvalue weighted by Gasteiger charge is 2.38. The van der Waals surface area contributed by atoms with Crippen LogP contribution in [-0.4, -0.2) is 42.5 Å². The number of thiazole rings is 1. The summed E-state index contributed by atoms with van der Waals surface area (Å²) in [6, 6.07) is 1.75. The van der Waals surface area contributed by atoms with Crippen molar-refractivity contribution in [1.29, 1.82) is 0 Å². The molecule has 0 saturated heterocycles. The Kier molecular flexibility index (Phi) is 4.34. The largest absolute Gasteiger partial charge is 0.414 e. The van der Waals surface area contributed by atoms with Crippen LogP contribution in [0.1, 0.15) is 11.8 Å². The first-order valence-corrected chi connectivity index (χ1v) is 10.8. The van der Waals surface area contributed by atoms with Gasteiger partial charge in [-0.15, -0.1) is 32.9 Å². The first kappa shape index (κ1) is 17.6. The Hall–Kier alpha value is -1.82. The number of thiophene rings is 1. The molecule has 0 spiro atoms. The van der Waals surface area contributed by atoms with E-state index in [0.717, 1.165) is 4.88 Å². The van der Waals surface area contributed by atoms with E-state index in [4.69, 9.17) is 21.8 Å². The van der Waals surface area contributed by atoms with Crippen LogP contribution < -0.4 is 5.73 Å². The number of aliphatic imine (C=N–C) groups is 1. The van der Waals surface area contributed by atoms with Crippen molar-refractivity contribution < 1.29 is 8.63 Å². The molecule has 0 aliphatic carbocycles. The van der Waals surface area contributed by atoms with Crippen molar-refractivity contribution in [1.82, 2.24) is 19.5 Å². The van der Waals surface area contributed by atoms with Crippen LogP contribution in [0.4, 0.5) is 0 Å². The molecule has 0 aromatic carbocycles. The summed E-state index contributed by atoms with van der Waals surface area (Å²) in [6.45, 7) is 1.86. The molecule has 0 amide bonds. The summed E-state index contributed by atoms with van der Waals surface area (Å²) in [5.74, 6) is 1.20. The quantitative estimate of drug-likeness (QED) is 0.686. The van der Waals surface area contributed by atoms with Crippen LogP contribution in [0.25, 0.3) is 22.4 Å². The van der Waals surface area contributed by atoms with Gasteiger partial charge in [0, 0.05) is 12.4 Å². The van der Waals surface area contributed by atoms with Crippen molar-refractivity contribution in [3.05, 3.63) is 26.9 Å². The minimum absolute atomic E-state index is 0.215. The van der Waals surface area contributed by atoms with Gasteiger partial charge in [-0.3, -0.25) is 4.31 Å². The first-order chi connectivity index (χ1) is 12.4. The van der Waals surface area contributed by atoms with Gasteiger partial charge >= 0.3 is 0 Å². The van der Waals surface area contributed by atoms with E-state index in [9.17, 15) is 4.21 Å². The molecular weight excluding hydrogens is 416 g/mol. The maximum atomic E-state index is 12.3. The zero-order valence-corrected chi connectivity index (χ0v) is 16.9. The predicted molar refractivity (Wildman–Crippen MR) is 103 cm³/mol. The van der Waals surface area contributed by atoms with Gasteiger partial charge in [-0.05, 0) is 13.0 Å². The highest BCUT2D eigenvalue weighted by atomic mass is 35.5. The van der Waals surface area contributed by atoms with E-state index in [-0.39, 0.29) is 11.7 Å². The second kappa shape index (κ2) is 6.41. The Morgan fingerprint density at radius 3 is 2.88 bits per heavy atom. The summed E-state index contributed by atoms with van der Waals surface area (Å²) in [5, 5.41) is 10.4. The van der Waals surface area contributed by atoms with E-state index < -0.39 is 16.5 Å².